The summed E-state index contributed by atoms with van der Waals surface area (Å²) in [6.45, 7) is 12.1. The van der Waals surface area contributed by atoms with Gasteiger partial charge in [-0.25, -0.2) is 0 Å². The van der Waals surface area contributed by atoms with Crippen LogP contribution in [0, 0.1) is 29.4 Å². The topological polar surface area (TPSA) is 75.5 Å². The number of benzene rings is 1. The Hall–Kier alpha value is -1.76. The Morgan fingerprint density at radius 3 is 2.44 bits per heavy atom. The minimum absolute atomic E-state index is 0.124. The maximum atomic E-state index is 12.7. The number of carbonyl (C=O) groups excluding carboxylic acids is 1. The van der Waals surface area contributed by atoms with Gasteiger partial charge in [0.1, 0.15) is 0 Å². The standard InChI is InChI=1S/C20H31N3O3S/c1-8-9-22-14(11-27-7)10-15-12(2)17(23(25)26)13(3)16(18(15)22)21-19(24)20(4,5)6/h14H,8-11H2,1-7H3,(H,21,24). The molecule has 1 amide bonds. The van der Waals surface area contributed by atoms with Crippen molar-refractivity contribution in [3.63, 3.8) is 0 Å². The molecule has 150 valence electrons. The van der Waals surface area contributed by atoms with E-state index in [1.54, 1.807) is 18.7 Å². The highest BCUT2D eigenvalue weighted by atomic mass is 32.2. The molecule has 1 N–H and O–H groups in total. The van der Waals surface area contributed by atoms with Crippen LogP contribution in [-0.4, -0.2) is 35.4 Å². The summed E-state index contributed by atoms with van der Waals surface area (Å²) in [7, 11) is 0. The molecular weight excluding hydrogens is 362 g/mol. The third kappa shape index (κ3) is 4.08. The molecule has 1 aliphatic heterocycles. The number of anilines is 2. The number of hydrogen-bond acceptors (Lipinski definition) is 5. The Morgan fingerprint density at radius 2 is 1.96 bits per heavy atom. The van der Waals surface area contributed by atoms with E-state index < -0.39 is 5.41 Å². The van der Waals surface area contributed by atoms with Gasteiger partial charge in [-0.05, 0) is 38.5 Å². The van der Waals surface area contributed by atoms with E-state index in [9.17, 15) is 14.9 Å². The van der Waals surface area contributed by atoms with Crippen LogP contribution < -0.4 is 10.2 Å². The molecule has 27 heavy (non-hydrogen) atoms. The van der Waals surface area contributed by atoms with Gasteiger partial charge in [-0.3, -0.25) is 14.9 Å². The second-order valence-electron chi connectivity index (χ2n) is 8.27. The highest BCUT2D eigenvalue weighted by Crippen LogP contribution is 2.47. The summed E-state index contributed by atoms with van der Waals surface area (Å²) < 4.78 is 0. The van der Waals surface area contributed by atoms with Crippen LogP contribution in [0.2, 0.25) is 0 Å². The molecule has 0 spiro atoms. The fourth-order valence-corrected chi connectivity index (χ4v) is 4.43. The molecule has 7 heteroatoms. The summed E-state index contributed by atoms with van der Waals surface area (Å²) in [6.07, 6.45) is 3.84. The zero-order valence-corrected chi connectivity index (χ0v) is 18.2. The largest absolute Gasteiger partial charge is 0.365 e. The van der Waals surface area contributed by atoms with Crippen LogP contribution in [0.3, 0.4) is 0 Å². The number of carbonyl (C=O) groups is 1. The average molecular weight is 394 g/mol. The molecule has 0 saturated carbocycles. The molecule has 1 aromatic rings. The van der Waals surface area contributed by atoms with Gasteiger partial charge in [0.05, 0.1) is 21.9 Å². The van der Waals surface area contributed by atoms with E-state index in [1.165, 1.54) is 0 Å². The van der Waals surface area contributed by atoms with E-state index in [1.807, 2.05) is 27.7 Å². The van der Waals surface area contributed by atoms with Gasteiger partial charge in [-0.1, -0.05) is 27.7 Å². The lowest BCUT2D eigenvalue weighted by molar-refractivity contribution is -0.386. The van der Waals surface area contributed by atoms with Crippen LogP contribution in [-0.2, 0) is 11.2 Å². The van der Waals surface area contributed by atoms with Gasteiger partial charge in [-0.15, -0.1) is 0 Å². The summed E-state index contributed by atoms with van der Waals surface area (Å²) in [4.78, 5) is 26.5. The number of nitro benzene ring substituents is 1. The van der Waals surface area contributed by atoms with Gasteiger partial charge in [0.25, 0.3) is 5.69 Å². The van der Waals surface area contributed by atoms with Crippen molar-refractivity contribution in [3.05, 3.63) is 26.8 Å². The number of thioether (sulfide) groups is 1. The molecule has 6 nitrogen and oxygen atoms in total. The Bertz CT molecular complexity index is 756. The lowest BCUT2D eigenvalue weighted by atomic mass is 9.93. The summed E-state index contributed by atoms with van der Waals surface area (Å²) in [5.74, 6) is 0.823. The van der Waals surface area contributed by atoms with Gasteiger partial charge in [0.15, 0.2) is 0 Å². The van der Waals surface area contributed by atoms with Crippen molar-refractivity contribution in [2.45, 2.75) is 60.4 Å². The lowest BCUT2D eigenvalue weighted by Gasteiger charge is -2.30. The van der Waals surface area contributed by atoms with E-state index in [0.29, 0.717) is 17.3 Å². The van der Waals surface area contributed by atoms with Crippen molar-refractivity contribution in [2.24, 2.45) is 5.41 Å². The molecular formula is C20H31N3O3S. The number of nitro groups is 1. The molecule has 0 aromatic heterocycles. The SMILES string of the molecule is CCCN1c2c(c(C)c([N+](=O)[O-])c(C)c2NC(=O)C(C)(C)C)CC1CSC. The maximum absolute atomic E-state index is 12.7. The summed E-state index contributed by atoms with van der Waals surface area (Å²) in [6, 6.07) is 0.292. The fourth-order valence-electron chi connectivity index (χ4n) is 3.75. The molecule has 1 heterocycles. The second-order valence-corrected chi connectivity index (χ2v) is 9.18. The molecule has 1 aliphatic rings. The fraction of sp³-hybridized carbons (Fsp3) is 0.650. The smallest absolute Gasteiger partial charge is 0.277 e. The maximum Gasteiger partial charge on any atom is 0.277 e. The summed E-state index contributed by atoms with van der Waals surface area (Å²) >= 11 is 1.78. The molecule has 0 aliphatic carbocycles. The number of rotatable bonds is 6. The quantitative estimate of drug-likeness (QED) is 0.560. The van der Waals surface area contributed by atoms with Gasteiger partial charge >= 0.3 is 0 Å². The first-order valence-electron chi connectivity index (χ1n) is 9.41. The molecule has 1 aromatic carbocycles. The van der Waals surface area contributed by atoms with Gasteiger partial charge in [0, 0.05) is 29.3 Å². The van der Waals surface area contributed by atoms with Crippen LogP contribution in [0.15, 0.2) is 0 Å². The Labute approximate surface area is 166 Å². The van der Waals surface area contributed by atoms with E-state index in [2.05, 4.69) is 23.4 Å². The van der Waals surface area contributed by atoms with Gasteiger partial charge < -0.3 is 10.2 Å². The zero-order valence-electron chi connectivity index (χ0n) is 17.4. The van der Waals surface area contributed by atoms with Gasteiger partial charge in [0.2, 0.25) is 5.91 Å². The first-order valence-corrected chi connectivity index (χ1v) is 10.8. The van der Waals surface area contributed by atoms with Crippen molar-refractivity contribution in [3.8, 4) is 0 Å². The number of fused-ring (bicyclic) bond motifs is 1. The first-order chi connectivity index (χ1) is 12.5. The van der Waals surface area contributed by atoms with E-state index >= 15 is 0 Å². The van der Waals surface area contributed by atoms with E-state index in [4.69, 9.17) is 0 Å². The summed E-state index contributed by atoms with van der Waals surface area (Å²) in [5.41, 5.74) is 3.41. The Morgan fingerprint density at radius 1 is 1.33 bits per heavy atom. The third-order valence-electron chi connectivity index (χ3n) is 5.15. The summed E-state index contributed by atoms with van der Waals surface area (Å²) in [5, 5.41) is 14.8. The van der Waals surface area contributed by atoms with Crippen LogP contribution in [0.1, 0.15) is 50.8 Å². The molecule has 0 bridgehead atoms. The number of amides is 1. The minimum atomic E-state index is -0.578. The molecule has 0 fully saturated rings. The highest BCUT2D eigenvalue weighted by Gasteiger charge is 2.38. The van der Waals surface area contributed by atoms with E-state index in [-0.39, 0.29) is 16.5 Å². The van der Waals surface area contributed by atoms with Crippen LogP contribution in [0.5, 0.6) is 0 Å². The predicted molar refractivity (Wildman–Crippen MR) is 114 cm³/mol. The number of nitrogens with one attached hydrogen (secondary N) is 1. The normalized spacial score (nSPS) is 16.4. The lowest BCUT2D eigenvalue weighted by Crippen LogP contribution is -2.35. The van der Waals surface area contributed by atoms with E-state index in [0.717, 1.165) is 42.0 Å². The molecule has 0 radical (unpaired) electrons. The van der Waals surface area contributed by atoms with Crippen LogP contribution in [0.4, 0.5) is 17.1 Å². The highest BCUT2D eigenvalue weighted by molar-refractivity contribution is 7.98. The van der Waals surface area contributed by atoms with Crippen molar-refractivity contribution in [1.82, 2.24) is 0 Å². The predicted octanol–water partition coefficient (Wildman–Crippen LogP) is 4.70. The Kier molecular flexibility index (Phi) is 6.45. The van der Waals surface area contributed by atoms with Gasteiger partial charge in [-0.2, -0.15) is 11.8 Å². The van der Waals surface area contributed by atoms with Crippen LogP contribution >= 0.6 is 11.8 Å². The first kappa shape index (κ1) is 21.5. The number of nitrogens with zero attached hydrogens (tertiary/aromatic N) is 2. The van der Waals surface area contributed by atoms with Crippen molar-refractivity contribution >= 4 is 34.7 Å². The number of hydrogen-bond donors (Lipinski definition) is 1. The molecule has 1 unspecified atom stereocenters. The molecule has 0 saturated heterocycles. The third-order valence-corrected chi connectivity index (χ3v) is 5.87. The Balaban J connectivity index is 2.72. The monoisotopic (exact) mass is 393 g/mol. The van der Waals surface area contributed by atoms with Crippen molar-refractivity contribution in [2.75, 3.05) is 28.8 Å². The van der Waals surface area contributed by atoms with Crippen LogP contribution in [0.25, 0.3) is 0 Å². The second kappa shape index (κ2) is 8.09. The molecule has 2 rings (SSSR count). The minimum Gasteiger partial charge on any atom is -0.365 e. The van der Waals surface area contributed by atoms with Crippen molar-refractivity contribution < 1.29 is 9.72 Å². The van der Waals surface area contributed by atoms with Crippen molar-refractivity contribution in [1.29, 1.82) is 0 Å². The zero-order chi connectivity index (χ0) is 20.5. The molecule has 1 atom stereocenters. The average Bonchev–Trinajstić information content (AvgIpc) is 2.90.